The molecule has 0 atom stereocenters. The molecule has 0 fully saturated rings. The average molecular weight is 539 g/mol. The largest absolute Gasteiger partial charge is 0.494 e. The summed E-state index contributed by atoms with van der Waals surface area (Å²) in [5, 5.41) is 9.02. The lowest BCUT2D eigenvalue weighted by atomic mass is 9.98. The van der Waals surface area contributed by atoms with Crippen LogP contribution in [0.2, 0.25) is 0 Å². The first-order valence-electron chi connectivity index (χ1n) is 13.5. The van der Waals surface area contributed by atoms with E-state index in [0.717, 1.165) is 45.9 Å². The zero-order valence-electron chi connectivity index (χ0n) is 23.1. The number of carbonyl (C=O) groups is 1. The van der Waals surface area contributed by atoms with E-state index >= 15 is 0 Å². The van der Waals surface area contributed by atoms with Crippen molar-refractivity contribution in [2.24, 2.45) is 10.7 Å². The lowest BCUT2D eigenvalue weighted by Crippen LogP contribution is -2.29. The molecule has 1 heterocycles. The van der Waals surface area contributed by atoms with E-state index in [1.165, 1.54) is 0 Å². The topological polar surface area (TPSA) is 120 Å². The number of aryl methyl sites for hydroxylation is 2. The van der Waals surface area contributed by atoms with Crippen molar-refractivity contribution in [2.75, 3.05) is 6.61 Å². The zero-order valence-corrected chi connectivity index (χ0v) is 23.1. The molecule has 0 aliphatic rings. The first-order valence-corrected chi connectivity index (χ1v) is 13.5. The first kappa shape index (κ1) is 28.3. The van der Waals surface area contributed by atoms with Crippen LogP contribution in [0.15, 0.2) is 82.6 Å². The standard InChI is InChI=1S/C32H34N4O4/c1-4-9-28-34-27(5-2)29(23-16-18-24(19-17-23)40-6-3)31(37)36(28)20-21-12-14-22(15-13-21)25-10-7-8-11-26(25)30(33)35-32(38)39/h7-8,10-19H,4-6,9,20H2,1-3H3,(H2,33,35)(H,38,39). The summed E-state index contributed by atoms with van der Waals surface area (Å²) >= 11 is 0. The molecule has 0 saturated carbocycles. The van der Waals surface area contributed by atoms with Crippen molar-refractivity contribution >= 4 is 11.9 Å². The smallest absolute Gasteiger partial charge is 0.433 e. The van der Waals surface area contributed by atoms with Crippen LogP contribution in [0.3, 0.4) is 0 Å². The summed E-state index contributed by atoms with van der Waals surface area (Å²) in [5.74, 6) is 1.47. The van der Waals surface area contributed by atoms with Gasteiger partial charge < -0.3 is 15.6 Å². The van der Waals surface area contributed by atoms with Crippen LogP contribution >= 0.6 is 0 Å². The van der Waals surface area contributed by atoms with Crippen molar-refractivity contribution in [1.82, 2.24) is 9.55 Å². The molecule has 0 aliphatic heterocycles. The molecular formula is C32H34N4O4. The number of benzene rings is 3. The maximum Gasteiger partial charge on any atom is 0.433 e. The van der Waals surface area contributed by atoms with Crippen molar-refractivity contribution in [3.63, 3.8) is 0 Å². The highest BCUT2D eigenvalue weighted by atomic mass is 16.5. The summed E-state index contributed by atoms with van der Waals surface area (Å²) in [6.07, 6.45) is 0.868. The maximum atomic E-state index is 14.0. The van der Waals surface area contributed by atoms with Crippen LogP contribution in [0.25, 0.3) is 22.3 Å². The summed E-state index contributed by atoms with van der Waals surface area (Å²) in [4.78, 5) is 33.4. The summed E-state index contributed by atoms with van der Waals surface area (Å²) in [6, 6.07) is 22.7. The minimum atomic E-state index is -1.34. The Balaban J connectivity index is 1.73. The van der Waals surface area contributed by atoms with E-state index in [-0.39, 0.29) is 11.4 Å². The highest BCUT2D eigenvalue weighted by Crippen LogP contribution is 2.26. The second-order valence-electron chi connectivity index (χ2n) is 9.32. The summed E-state index contributed by atoms with van der Waals surface area (Å²) < 4.78 is 7.35. The van der Waals surface area contributed by atoms with E-state index in [2.05, 4.69) is 11.9 Å². The van der Waals surface area contributed by atoms with Gasteiger partial charge in [0.1, 0.15) is 17.4 Å². The highest BCUT2D eigenvalue weighted by molar-refractivity contribution is 6.07. The first-order chi connectivity index (χ1) is 19.4. The summed E-state index contributed by atoms with van der Waals surface area (Å²) in [7, 11) is 0. The number of hydrogen-bond acceptors (Lipinski definition) is 4. The van der Waals surface area contributed by atoms with E-state index in [4.69, 9.17) is 20.6 Å². The molecule has 0 radical (unpaired) electrons. The number of ether oxygens (including phenoxy) is 1. The van der Waals surface area contributed by atoms with E-state index in [1.54, 1.807) is 16.7 Å². The lowest BCUT2D eigenvalue weighted by Gasteiger charge is -2.17. The molecule has 1 aromatic heterocycles. The van der Waals surface area contributed by atoms with Gasteiger partial charge in [0.25, 0.3) is 5.56 Å². The molecule has 0 saturated heterocycles. The Morgan fingerprint density at radius 2 is 1.65 bits per heavy atom. The van der Waals surface area contributed by atoms with Crippen molar-refractivity contribution in [3.05, 3.63) is 106 Å². The maximum absolute atomic E-state index is 14.0. The van der Waals surface area contributed by atoms with Crippen molar-refractivity contribution in [2.45, 2.75) is 46.6 Å². The van der Waals surface area contributed by atoms with E-state index in [1.807, 2.05) is 74.5 Å². The fraction of sp³-hybridized carbons (Fsp3) is 0.250. The Morgan fingerprint density at radius 1 is 0.975 bits per heavy atom. The molecule has 4 aromatic rings. The van der Waals surface area contributed by atoms with Crippen molar-refractivity contribution < 1.29 is 14.6 Å². The number of nitrogens with two attached hydrogens (primary N) is 1. The van der Waals surface area contributed by atoms with E-state index < -0.39 is 6.09 Å². The van der Waals surface area contributed by atoms with Gasteiger partial charge in [0, 0.05) is 12.0 Å². The Kier molecular flexibility index (Phi) is 9.11. The molecule has 3 aromatic carbocycles. The fourth-order valence-electron chi connectivity index (χ4n) is 4.75. The molecule has 40 heavy (non-hydrogen) atoms. The fourth-order valence-corrected chi connectivity index (χ4v) is 4.75. The third-order valence-corrected chi connectivity index (χ3v) is 6.61. The Bertz CT molecular complexity index is 1570. The number of nitrogens with zero attached hydrogens (tertiary/aromatic N) is 3. The molecule has 8 heteroatoms. The van der Waals surface area contributed by atoms with Crippen molar-refractivity contribution in [1.29, 1.82) is 0 Å². The van der Waals surface area contributed by atoms with Crippen LogP contribution < -0.4 is 16.0 Å². The lowest BCUT2D eigenvalue weighted by molar-refractivity contribution is 0.205. The van der Waals surface area contributed by atoms with E-state index in [9.17, 15) is 9.59 Å². The van der Waals surface area contributed by atoms with Crippen LogP contribution in [0.4, 0.5) is 4.79 Å². The van der Waals surface area contributed by atoms with Gasteiger partial charge in [-0.1, -0.05) is 74.5 Å². The predicted molar refractivity (Wildman–Crippen MR) is 158 cm³/mol. The Labute approximate surface area is 233 Å². The third-order valence-electron chi connectivity index (χ3n) is 6.61. The number of amidine groups is 1. The average Bonchev–Trinajstić information content (AvgIpc) is 2.95. The molecule has 0 bridgehead atoms. The molecule has 0 unspecified atom stereocenters. The van der Waals surface area contributed by atoms with E-state index in [0.29, 0.717) is 37.1 Å². The quantitative estimate of drug-likeness (QED) is 0.191. The SMILES string of the molecule is CCCc1nc(CC)c(-c2ccc(OCC)cc2)c(=O)n1Cc1ccc(-c2ccccc2/C(N)=N/C(=O)O)cc1. The number of rotatable bonds is 10. The molecule has 0 spiro atoms. The van der Waals surface area contributed by atoms with Gasteiger partial charge in [0.05, 0.1) is 24.4 Å². The minimum absolute atomic E-state index is 0.0631. The number of carboxylic acid groups (broad SMARTS) is 1. The van der Waals surface area contributed by atoms with Crippen LogP contribution in [0.5, 0.6) is 5.75 Å². The van der Waals surface area contributed by atoms with Gasteiger partial charge in [-0.05, 0) is 54.2 Å². The van der Waals surface area contributed by atoms with Gasteiger partial charge in [-0.15, -0.1) is 0 Å². The molecule has 4 rings (SSSR count). The number of amides is 1. The predicted octanol–water partition coefficient (Wildman–Crippen LogP) is 5.92. The number of aromatic nitrogens is 2. The van der Waals surface area contributed by atoms with Crippen LogP contribution in [-0.4, -0.2) is 33.2 Å². The molecular weight excluding hydrogens is 504 g/mol. The second-order valence-corrected chi connectivity index (χ2v) is 9.32. The molecule has 0 aliphatic carbocycles. The van der Waals surface area contributed by atoms with Crippen LogP contribution in [0.1, 0.15) is 49.8 Å². The van der Waals surface area contributed by atoms with Crippen LogP contribution in [-0.2, 0) is 19.4 Å². The highest BCUT2D eigenvalue weighted by Gasteiger charge is 2.18. The Hall–Kier alpha value is -4.72. The van der Waals surface area contributed by atoms with Gasteiger partial charge in [0.2, 0.25) is 0 Å². The molecule has 3 N–H and O–H groups in total. The van der Waals surface area contributed by atoms with Crippen molar-refractivity contribution in [3.8, 4) is 28.0 Å². The molecule has 206 valence electrons. The monoisotopic (exact) mass is 538 g/mol. The number of aliphatic imine (C=N–C) groups is 1. The zero-order chi connectivity index (χ0) is 28.6. The third kappa shape index (κ3) is 6.29. The normalized spacial score (nSPS) is 11.4. The van der Waals surface area contributed by atoms with Gasteiger partial charge in [-0.2, -0.15) is 4.99 Å². The number of hydrogen-bond donors (Lipinski definition) is 2. The molecule has 8 nitrogen and oxygen atoms in total. The van der Waals surface area contributed by atoms with Gasteiger partial charge in [0.15, 0.2) is 0 Å². The molecule has 1 amide bonds. The Morgan fingerprint density at radius 3 is 2.27 bits per heavy atom. The summed E-state index contributed by atoms with van der Waals surface area (Å²) in [5.41, 5.74) is 11.2. The van der Waals surface area contributed by atoms with Gasteiger partial charge in [-0.25, -0.2) is 9.78 Å². The summed E-state index contributed by atoms with van der Waals surface area (Å²) in [6.45, 7) is 6.98. The minimum Gasteiger partial charge on any atom is -0.494 e. The second kappa shape index (κ2) is 12.9. The van der Waals surface area contributed by atoms with Gasteiger partial charge >= 0.3 is 6.09 Å². The van der Waals surface area contributed by atoms with Crippen LogP contribution in [0, 0.1) is 0 Å². The van der Waals surface area contributed by atoms with Gasteiger partial charge in [-0.3, -0.25) is 9.36 Å².